The summed E-state index contributed by atoms with van der Waals surface area (Å²) in [4.78, 5) is 25.1. The Kier molecular flexibility index (Phi) is 38.5. The highest BCUT2D eigenvalue weighted by Crippen LogP contribution is 2.38. The minimum Gasteiger partial charge on any atom is -0.756 e. The quantitative estimate of drug-likeness (QED) is 0.0200. The van der Waals surface area contributed by atoms with Crippen LogP contribution in [-0.4, -0.2) is 70.7 Å². The van der Waals surface area contributed by atoms with E-state index < -0.39 is 13.9 Å². The van der Waals surface area contributed by atoms with E-state index in [1.807, 2.05) is 21.1 Å². The van der Waals surface area contributed by atoms with E-state index in [1.54, 1.807) is 0 Å². The van der Waals surface area contributed by atoms with E-state index in [0.29, 0.717) is 24.1 Å². The molecule has 0 aromatic heterocycles. The SMILES string of the molecule is CCCCCC/C=C\CCCCCCCCOCC(COP(=O)([O-])OCC[N+](C)(C)C)OC(=O)CCCCCCCCCCCCCCCCCCCC. The van der Waals surface area contributed by atoms with E-state index in [9.17, 15) is 14.3 Å². The zero-order valence-corrected chi connectivity index (χ0v) is 37.3. The minimum atomic E-state index is -4.52. The number of likely N-dealkylation sites (N-methyl/N-ethyl adjacent to an activating group) is 1. The van der Waals surface area contributed by atoms with Gasteiger partial charge in [-0.15, -0.1) is 0 Å². The molecule has 0 saturated heterocycles. The molecule has 0 rings (SSSR count). The van der Waals surface area contributed by atoms with Crippen LogP contribution in [0.25, 0.3) is 0 Å². The molecule has 0 bridgehead atoms. The number of allylic oxidation sites excluding steroid dienone is 2. The first-order valence-electron chi connectivity index (χ1n) is 22.9. The fraction of sp³-hybridized carbons (Fsp3) is 0.933. The first-order valence-corrected chi connectivity index (χ1v) is 24.4. The number of carbonyl (C=O) groups excluding carboxylic acids is 1. The third-order valence-corrected chi connectivity index (χ3v) is 11.0. The van der Waals surface area contributed by atoms with E-state index >= 15 is 0 Å². The number of rotatable bonds is 43. The van der Waals surface area contributed by atoms with Crippen molar-refractivity contribution in [3.05, 3.63) is 12.2 Å². The van der Waals surface area contributed by atoms with Crippen LogP contribution in [0.1, 0.15) is 213 Å². The van der Waals surface area contributed by atoms with Gasteiger partial charge in [-0.1, -0.05) is 180 Å². The van der Waals surface area contributed by atoms with Crippen LogP contribution in [0, 0.1) is 0 Å². The minimum absolute atomic E-state index is 0.0282. The van der Waals surface area contributed by atoms with Gasteiger partial charge < -0.3 is 27.9 Å². The second-order valence-electron chi connectivity index (χ2n) is 16.8. The Morgan fingerprint density at radius 3 is 1.43 bits per heavy atom. The van der Waals surface area contributed by atoms with Crippen molar-refractivity contribution in [2.75, 3.05) is 54.1 Å². The molecule has 322 valence electrons. The molecule has 2 unspecified atom stereocenters. The van der Waals surface area contributed by atoms with Gasteiger partial charge in [0.1, 0.15) is 19.3 Å². The highest BCUT2D eigenvalue weighted by atomic mass is 31.2. The number of unbranched alkanes of at least 4 members (excludes halogenated alkanes) is 27. The van der Waals surface area contributed by atoms with Crippen LogP contribution >= 0.6 is 7.82 Å². The molecular formula is C45H90NO7P. The Labute approximate surface area is 335 Å². The van der Waals surface area contributed by atoms with Crippen LogP contribution in [-0.2, 0) is 27.9 Å². The smallest absolute Gasteiger partial charge is 0.306 e. The van der Waals surface area contributed by atoms with E-state index in [0.717, 1.165) is 32.1 Å². The van der Waals surface area contributed by atoms with Crippen LogP contribution in [0.2, 0.25) is 0 Å². The molecule has 0 N–H and O–H groups in total. The van der Waals surface area contributed by atoms with Crippen LogP contribution in [0.3, 0.4) is 0 Å². The number of phosphoric ester groups is 1. The summed E-state index contributed by atoms with van der Waals surface area (Å²) in [6, 6.07) is 0. The number of hydrogen-bond acceptors (Lipinski definition) is 7. The maximum absolute atomic E-state index is 12.7. The summed E-state index contributed by atoms with van der Waals surface area (Å²) in [7, 11) is 1.36. The first-order chi connectivity index (χ1) is 26.1. The fourth-order valence-corrected chi connectivity index (χ4v) is 7.21. The van der Waals surface area contributed by atoms with Gasteiger partial charge in [-0.25, -0.2) is 0 Å². The molecule has 0 radical (unpaired) electrons. The number of nitrogens with zero attached hydrogens (tertiary/aromatic N) is 1. The van der Waals surface area contributed by atoms with Crippen LogP contribution < -0.4 is 4.89 Å². The number of hydrogen-bond donors (Lipinski definition) is 0. The van der Waals surface area contributed by atoms with Gasteiger partial charge in [0.05, 0.1) is 34.4 Å². The highest BCUT2D eigenvalue weighted by Gasteiger charge is 2.20. The van der Waals surface area contributed by atoms with Crippen molar-refractivity contribution in [2.45, 2.75) is 219 Å². The van der Waals surface area contributed by atoms with Gasteiger partial charge in [-0.05, 0) is 38.5 Å². The molecule has 8 nitrogen and oxygen atoms in total. The number of quaternary nitrogens is 1. The number of ether oxygens (including phenoxy) is 2. The van der Waals surface area contributed by atoms with Crippen molar-refractivity contribution < 1.29 is 37.3 Å². The maximum Gasteiger partial charge on any atom is 0.306 e. The van der Waals surface area contributed by atoms with Crippen molar-refractivity contribution in [3.63, 3.8) is 0 Å². The standard InChI is InChI=1S/C45H90NO7P/c1-6-8-10-12-14-16-18-20-22-23-24-25-26-28-30-32-34-36-38-45(47)53-44(43-52-54(48,49)51-41-39-46(3,4)5)42-50-40-37-35-33-31-29-27-21-19-17-15-13-11-9-7-2/h17,19,44H,6-16,18,20-43H2,1-5H3/b19-17-. The zero-order chi connectivity index (χ0) is 39.9. The van der Waals surface area contributed by atoms with Gasteiger partial charge in [0.25, 0.3) is 7.82 Å². The van der Waals surface area contributed by atoms with Crippen molar-refractivity contribution >= 4 is 13.8 Å². The maximum atomic E-state index is 12.7. The number of esters is 1. The average Bonchev–Trinajstić information content (AvgIpc) is 3.12. The summed E-state index contributed by atoms with van der Waals surface area (Å²) >= 11 is 0. The highest BCUT2D eigenvalue weighted by molar-refractivity contribution is 7.45. The lowest BCUT2D eigenvalue weighted by Gasteiger charge is -2.28. The normalized spacial score (nSPS) is 13.8. The monoisotopic (exact) mass is 788 g/mol. The molecule has 0 aliphatic rings. The predicted octanol–water partition coefficient (Wildman–Crippen LogP) is 12.8. The van der Waals surface area contributed by atoms with Gasteiger partial charge in [0.15, 0.2) is 0 Å². The Hall–Kier alpha value is -0.760. The molecule has 2 atom stereocenters. The molecule has 0 spiro atoms. The van der Waals surface area contributed by atoms with E-state index in [-0.39, 0.29) is 25.8 Å². The topological polar surface area (TPSA) is 94.1 Å². The molecule has 0 fully saturated rings. The second-order valence-corrected chi connectivity index (χ2v) is 18.2. The Bertz CT molecular complexity index is 879. The lowest BCUT2D eigenvalue weighted by Crippen LogP contribution is -2.37. The van der Waals surface area contributed by atoms with E-state index in [2.05, 4.69) is 26.0 Å². The zero-order valence-electron chi connectivity index (χ0n) is 36.4. The molecule has 0 aliphatic heterocycles. The average molecular weight is 788 g/mol. The summed E-state index contributed by atoms with van der Waals surface area (Å²) in [6.45, 7) is 5.43. The second kappa shape index (κ2) is 39.1. The summed E-state index contributed by atoms with van der Waals surface area (Å²) in [5.74, 6) is -0.332. The number of carbonyl (C=O) groups is 1. The van der Waals surface area contributed by atoms with Crippen LogP contribution in [0.5, 0.6) is 0 Å². The molecular weight excluding hydrogens is 697 g/mol. The van der Waals surface area contributed by atoms with Gasteiger partial charge in [0.2, 0.25) is 0 Å². The summed E-state index contributed by atoms with van der Waals surface area (Å²) in [6.07, 6.45) is 42.2. The molecule has 0 aliphatic carbocycles. The Balaban J connectivity index is 4.17. The summed E-state index contributed by atoms with van der Waals surface area (Å²) < 4.78 is 34.6. The van der Waals surface area contributed by atoms with Gasteiger partial charge in [0, 0.05) is 13.0 Å². The lowest BCUT2D eigenvalue weighted by molar-refractivity contribution is -0.870. The third kappa shape index (κ3) is 42.4. The largest absolute Gasteiger partial charge is 0.756 e. The van der Waals surface area contributed by atoms with Crippen LogP contribution in [0.4, 0.5) is 0 Å². The number of phosphoric acid groups is 1. The predicted molar refractivity (Wildman–Crippen MR) is 227 cm³/mol. The van der Waals surface area contributed by atoms with Gasteiger partial charge in [-0.2, -0.15) is 0 Å². The van der Waals surface area contributed by atoms with E-state index in [4.69, 9.17) is 18.5 Å². The molecule has 0 heterocycles. The van der Waals surface area contributed by atoms with Crippen molar-refractivity contribution in [1.29, 1.82) is 0 Å². The molecule has 0 aromatic rings. The Morgan fingerprint density at radius 2 is 0.963 bits per heavy atom. The molecule has 54 heavy (non-hydrogen) atoms. The van der Waals surface area contributed by atoms with Crippen molar-refractivity contribution in [1.82, 2.24) is 0 Å². The summed E-state index contributed by atoms with van der Waals surface area (Å²) in [5.41, 5.74) is 0. The molecule has 0 amide bonds. The molecule has 9 heteroatoms. The van der Waals surface area contributed by atoms with Crippen molar-refractivity contribution in [3.8, 4) is 0 Å². The summed E-state index contributed by atoms with van der Waals surface area (Å²) in [5, 5.41) is 0. The molecule has 0 saturated carbocycles. The third-order valence-electron chi connectivity index (χ3n) is 10.1. The molecule has 0 aromatic carbocycles. The van der Waals surface area contributed by atoms with E-state index in [1.165, 1.54) is 161 Å². The first kappa shape index (κ1) is 53.2. The van der Waals surface area contributed by atoms with Gasteiger partial charge >= 0.3 is 5.97 Å². The Morgan fingerprint density at radius 1 is 0.556 bits per heavy atom. The van der Waals surface area contributed by atoms with Crippen molar-refractivity contribution in [2.24, 2.45) is 0 Å². The lowest BCUT2D eigenvalue weighted by atomic mass is 10.0. The fourth-order valence-electron chi connectivity index (χ4n) is 6.48. The van der Waals surface area contributed by atoms with Gasteiger partial charge in [-0.3, -0.25) is 9.36 Å². The van der Waals surface area contributed by atoms with Crippen LogP contribution in [0.15, 0.2) is 12.2 Å².